The van der Waals surface area contributed by atoms with Crippen LogP contribution in [0.5, 0.6) is 0 Å². The maximum absolute atomic E-state index is 7.96. The van der Waals surface area contributed by atoms with Gasteiger partial charge in [0.05, 0.1) is 6.67 Å². The Hall–Kier alpha value is -2.64. The number of rotatable bonds is 31. The quantitative estimate of drug-likeness (QED) is 0.0183. The number of guanidine groups is 4. The molecule has 0 bridgehead atoms. The zero-order chi connectivity index (χ0) is 45.0. The third-order valence-corrected chi connectivity index (χ3v) is 12.1. The van der Waals surface area contributed by atoms with E-state index >= 15 is 0 Å². The second kappa shape index (κ2) is 37.0. The first-order valence-electron chi connectivity index (χ1n) is 24.9. The van der Waals surface area contributed by atoms with Crippen molar-refractivity contribution in [1.29, 1.82) is 21.6 Å². The zero-order valence-electron chi connectivity index (χ0n) is 40.8. The highest BCUT2D eigenvalue weighted by atomic mass is 15.4. The van der Waals surface area contributed by atoms with Gasteiger partial charge in [0.2, 0.25) is 0 Å². The van der Waals surface area contributed by atoms with E-state index in [9.17, 15) is 0 Å². The van der Waals surface area contributed by atoms with E-state index in [4.69, 9.17) is 27.4 Å². The van der Waals surface area contributed by atoms with Crippen LogP contribution in [-0.2, 0) is 0 Å². The van der Waals surface area contributed by atoms with Crippen LogP contribution in [0.3, 0.4) is 0 Å². The fourth-order valence-electron chi connectivity index (χ4n) is 8.10. The van der Waals surface area contributed by atoms with Crippen molar-refractivity contribution in [1.82, 2.24) is 41.7 Å². The number of nitrogens with one attached hydrogen (secondary N) is 10. The molecular formula is C47H101N13. The van der Waals surface area contributed by atoms with E-state index in [0.29, 0.717) is 24.9 Å². The Morgan fingerprint density at radius 1 is 0.483 bits per heavy atom. The number of hydrogen-bond acceptors (Lipinski definition) is 7. The summed E-state index contributed by atoms with van der Waals surface area (Å²) in [5.41, 5.74) is 6.54. The fraction of sp³-hybridized carbons (Fsp3) is 0.915. The monoisotopic (exact) mass is 848 g/mol. The zero-order valence-corrected chi connectivity index (χ0v) is 40.8. The minimum Gasteiger partial charge on any atom is -0.356 e. The number of hydrogen-bond donors (Lipinski definition) is 11. The lowest BCUT2D eigenvalue weighted by atomic mass is 9.94. The van der Waals surface area contributed by atoms with Gasteiger partial charge in [-0.1, -0.05) is 145 Å². The summed E-state index contributed by atoms with van der Waals surface area (Å²) in [6.45, 7) is 28.9. The Morgan fingerprint density at radius 2 is 0.800 bits per heavy atom. The average Bonchev–Trinajstić information content (AvgIpc) is 3.21. The molecular weight excluding hydrogens is 747 g/mol. The van der Waals surface area contributed by atoms with Gasteiger partial charge in [-0.25, -0.2) is 0 Å². The van der Waals surface area contributed by atoms with Crippen LogP contribution in [0, 0.1) is 45.3 Å². The van der Waals surface area contributed by atoms with Gasteiger partial charge >= 0.3 is 0 Å². The van der Waals surface area contributed by atoms with E-state index in [1.165, 1.54) is 103 Å². The smallest absolute Gasteiger partial charge is 0.195 e. The SMILES string of the molecule is CCCCC(CC)CN1CN(CC(CC)CCCC)CC(C)(N)C1.CCCCC(CC)CNC(=N)NC(=N)NCCCCCCNC(=N)NC(=N)NCC(CC)CCCC. The Balaban J connectivity index is 0.00000125. The van der Waals surface area contributed by atoms with Crippen molar-refractivity contribution in [2.45, 2.75) is 196 Å². The molecule has 13 nitrogen and oxygen atoms in total. The van der Waals surface area contributed by atoms with Crippen LogP contribution < -0.4 is 37.6 Å². The molecule has 0 amide bonds. The van der Waals surface area contributed by atoms with E-state index in [1.54, 1.807) is 0 Å². The van der Waals surface area contributed by atoms with Gasteiger partial charge in [-0.15, -0.1) is 0 Å². The van der Waals surface area contributed by atoms with Gasteiger partial charge < -0.3 is 27.0 Å². The molecule has 1 heterocycles. The molecule has 0 aromatic heterocycles. The molecule has 1 fully saturated rings. The van der Waals surface area contributed by atoms with Gasteiger partial charge in [-0.2, -0.15) is 0 Å². The molecule has 0 aliphatic carbocycles. The Bertz CT molecular complexity index is 1000. The van der Waals surface area contributed by atoms with Gasteiger partial charge in [0.15, 0.2) is 23.8 Å². The predicted octanol–water partition coefficient (Wildman–Crippen LogP) is 8.97. The molecule has 0 aromatic carbocycles. The number of unbranched alkanes of at least 4 members (excludes halogenated alkanes) is 7. The molecule has 354 valence electrons. The van der Waals surface area contributed by atoms with Crippen LogP contribution in [0.25, 0.3) is 0 Å². The summed E-state index contributed by atoms with van der Waals surface area (Å²) < 4.78 is 0. The maximum atomic E-state index is 7.96. The first-order valence-corrected chi connectivity index (χ1v) is 24.9. The molecule has 1 rings (SSSR count). The van der Waals surface area contributed by atoms with E-state index in [1.807, 2.05) is 0 Å². The number of nitrogens with zero attached hydrogens (tertiary/aromatic N) is 2. The summed E-state index contributed by atoms with van der Waals surface area (Å²) >= 11 is 0. The van der Waals surface area contributed by atoms with Crippen molar-refractivity contribution in [3.05, 3.63) is 0 Å². The highest BCUT2D eigenvalue weighted by molar-refractivity contribution is 5.96. The van der Waals surface area contributed by atoms with Gasteiger partial charge in [-0.3, -0.25) is 42.1 Å². The average molecular weight is 848 g/mol. The molecule has 4 atom stereocenters. The lowest BCUT2D eigenvalue weighted by molar-refractivity contribution is 0.0182. The van der Waals surface area contributed by atoms with Crippen molar-refractivity contribution in [2.24, 2.45) is 29.4 Å². The van der Waals surface area contributed by atoms with Crippen LogP contribution in [0.2, 0.25) is 0 Å². The van der Waals surface area contributed by atoms with Crippen LogP contribution in [0.4, 0.5) is 0 Å². The van der Waals surface area contributed by atoms with E-state index in [0.717, 1.165) is 83.2 Å². The highest BCUT2D eigenvalue weighted by Crippen LogP contribution is 2.22. The van der Waals surface area contributed by atoms with Crippen molar-refractivity contribution in [3.8, 4) is 0 Å². The van der Waals surface area contributed by atoms with E-state index in [-0.39, 0.29) is 29.4 Å². The molecule has 0 radical (unpaired) electrons. The lowest BCUT2D eigenvalue weighted by Crippen LogP contribution is -2.63. The minimum atomic E-state index is -0.0651. The molecule has 0 spiro atoms. The molecule has 1 aliphatic rings. The number of nitrogens with two attached hydrogens (primary N) is 1. The third-order valence-electron chi connectivity index (χ3n) is 12.1. The predicted molar refractivity (Wildman–Crippen MR) is 261 cm³/mol. The standard InChI is InChI=1S/C26H56N10.C21H45N3/c1-5-9-15-21(7-3)19-33-25(29)35-23(27)31-17-13-11-12-14-18-32-24(28)36-26(30)34-20-22(8-4)16-10-6-2;1-6-10-12-19(8-3)14-23-16-21(5,22)17-24(18-23)15-20(9-4)13-11-7-2/h21-22H,5-20H2,1-4H3,(H5,27,29,31,33,35)(H5,28,30,32,34,36);19-20H,6-18,22H2,1-5H3. The Labute approximate surface area is 370 Å². The maximum Gasteiger partial charge on any atom is 0.195 e. The Kier molecular flexibility index (Phi) is 35.3. The van der Waals surface area contributed by atoms with Gasteiger partial charge in [0.25, 0.3) is 0 Å². The molecule has 1 aliphatic heterocycles. The Morgan fingerprint density at radius 3 is 1.12 bits per heavy atom. The summed E-state index contributed by atoms with van der Waals surface area (Å²) in [5.74, 6) is 3.47. The summed E-state index contributed by atoms with van der Waals surface area (Å²) in [5, 5.41) is 49.5. The summed E-state index contributed by atoms with van der Waals surface area (Å²) in [7, 11) is 0. The van der Waals surface area contributed by atoms with Crippen LogP contribution in [0.15, 0.2) is 0 Å². The largest absolute Gasteiger partial charge is 0.356 e. The molecule has 4 unspecified atom stereocenters. The molecule has 0 saturated carbocycles. The van der Waals surface area contributed by atoms with Crippen molar-refractivity contribution in [3.63, 3.8) is 0 Å². The normalized spacial score (nSPS) is 17.6. The fourth-order valence-corrected chi connectivity index (χ4v) is 8.10. The van der Waals surface area contributed by atoms with Crippen molar-refractivity contribution >= 4 is 23.8 Å². The summed E-state index contributed by atoms with van der Waals surface area (Å²) in [6.07, 6.45) is 24.0. The first kappa shape index (κ1) is 57.4. The second-order valence-electron chi connectivity index (χ2n) is 18.3. The first-order chi connectivity index (χ1) is 28.8. The summed E-state index contributed by atoms with van der Waals surface area (Å²) in [4.78, 5) is 5.28. The summed E-state index contributed by atoms with van der Waals surface area (Å²) in [6, 6.07) is 0. The molecule has 12 N–H and O–H groups in total. The van der Waals surface area contributed by atoms with Crippen LogP contribution >= 0.6 is 0 Å². The van der Waals surface area contributed by atoms with Crippen molar-refractivity contribution in [2.75, 3.05) is 59.0 Å². The van der Waals surface area contributed by atoms with Gasteiger partial charge in [-0.05, 0) is 69.1 Å². The highest BCUT2D eigenvalue weighted by Gasteiger charge is 2.33. The van der Waals surface area contributed by atoms with Crippen LogP contribution in [0.1, 0.15) is 191 Å². The molecule has 13 heteroatoms. The second-order valence-corrected chi connectivity index (χ2v) is 18.3. The van der Waals surface area contributed by atoms with E-state index in [2.05, 4.69) is 104 Å². The third kappa shape index (κ3) is 31.2. The lowest BCUT2D eigenvalue weighted by Gasteiger charge is -2.46. The molecule has 0 aromatic rings. The molecule has 1 saturated heterocycles. The van der Waals surface area contributed by atoms with Crippen molar-refractivity contribution < 1.29 is 0 Å². The van der Waals surface area contributed by atoms with Gasteiger partial charge in [0, 0.05) is 57.9 Å². The van der Waals surface area contributed by atoms with E-state index < -0.39 is 0 Å². The topological polar surface area (TPSA) is 200 Å². The van der Waals surface area contributed by atoms with Gasteiger partial charge in [0.1, 0.15) is 0 Å². The minimum absolute atomic E-state index is 0.0651. The van der Waals surface area contributed by atoms with Crippen LogP contribution in [-0.4, -0.2) is 98.2 Å². The molecule has 60 heavy (non-hydrogen) atoms.